The number of hydrogen-bond acceptors (Lipinski definition) is 3. The molecule has 0 saturated carbocycles. The zero-order chi connectivity index (χ0) is 8.27. The molecule has 0 aromatic heterocycles. The predicted molar refractivity (Wildman–Crippen MR) is 39.5 cm³/mol. The van der Waals surface area contributed by atoms with Crippen LogP contribution >= 0.6 is 0 Å². The first-order valence-corrected chi connectivity index (χ1v) is 3.38. The summed E-state index contributed by atoms with van der Waals surface area (Å²) in [4.78, 5) is 0. The maximum atomic E-state index is 9.24. The standard InChI is InChI=1S/C8H9NO2/c9-4-3-6-1-2-7(10)5-8(6)11/h1-3,7-8,10-11H,5H2/b6-3+/t7-,8-/m1/s1. The van der Waals surface area contributed by atoms with Crippen molar-refractivity contribution in [1.82, 2.24) is 0 Å². The molecule has 2 atom stereocenters. The molecule has 0 aromatic carbocycles. The Hall–Kier alpha value is -1.11. The van der Waals surface area contributed by atoms with Crippen molar-refractivity contribution < 1.29 is 10.2 Å². The summed E-state index contributed by atoms with van der Waals surface area (Å²) in [5, 5.41) is 26.5. The van der Waals surface area contributed by atoms with Crippen molar-refractivity contribution in [2.24, 2.45) is 0 Å². The van der Waals surface area contributed by atoms with E-state index in [0.717, 1.165) is 0 Å². The SMILES string of the molecule is N#C/C=C1\C=C[C@@H](O)C[C@H]1O. The Morgan fingerprint density at radius 2 is 2.36 bits per heavy atom. The first-order chi connectivity index (χ1) is 5.24. The van der Waals surface area contributed by atoms with Crippen molar-refractivity contribution in [3.63, 3.8) is 0 Å². The van der Waals surface area contributed by atoms with Crippen LogP contribution in [0.5, 0.6) is 0 Å². The molecular weight excluding hydrogens is 142 g/mol. The molecule has 1 aliphatic carbocycles. The Morgan fingerprint density at radius 1 is 1.64 bits per heavy atom. The lowest BCUT2D eigenvalue weighted by Gasteiger charge is -2.18. The van der Waals surface area contributed by atoms with Gasteiger partial charge in [-0.05, 0) is 5.57 Å². The largest absolute Gasteiger partial charge is 0.389 e. The average Bonchev–Trinajstić information content (AvgIpc) is 1.95. The Morgan fingerprint density at radius 3 is 2.91 bits per heavy atom. The molecular formula is C8H9NO2. The van der Waals surface area contributed by atoms with Crippen LogP contribution < -0.4 is 0 Å². The van der Waals surface area contributed by atoms with Crippen LogP contribution in [0.3, 0.4) is 0 Å². The van der Waals surface area contributed by atoms with Gasteiger partial charge in [-0.2, -0.15) is 5.26 Å². The Bertz CT molecular complexity index is 237. The van der Waals surface area contributed by atoms with E-state index in [1.807, 2.05) is 6.07 Å². The third-order valence-corrected chi connectivity index (χ3v) is 1.59. The van der Waals surface area contributed by atoms with E-state index in [9.17, 15) is 5.11 Å². The molecule has 0 amide bonds. The second-order valence-corrected chi connectivity index (χ2v) is 2.45. The average molecular weight is 151 g/mol. The zero-order valence-electron chi connectivity index (χ0n) is 5.94. The number of allylic oxidation sites excluding steroid dienone is 1. The van der Waals surface area contributed by atoms with E-state index in [1.165, 1.54) is 6.08 Å². The molecule has 11 heavy (non-hydrogen) atoms. The van der Waals surface area contributed by atoms with Crippen molar-refractivity contribution in [1.29, 1.82) is 5.26 Å². The Labute approximate surface area is 64.9 Å². The maximum absolute atomic E-state index is 9.24. The monoisotopic (exact) mass is 151 g/mol. The number of rotatable bonds is 0. The van der Waals surface area contributed by atoms with E-state index in [-0.39, 0.29) is 6.42 Å². The van der Waals surface area contributed by atoms with Crippen LogP contribution in [0, 0.1) is 11.3 Å². The lowest BCUT2D eigenvalue weighted by atomic mass is 9.97. The number of nitriles is 1. The van der Waals surface area contributed by atoms with E-state index in [4.69, 9.17) is 10.4 Å². The second-order valence-electron chi connectivity index (χ2n) is 2.45. The summed E-state index contributed by atoms with van der Waals surface area (Å²) in [5.74, 6) is 0. The van der Waals surface area contributed by atoms with Crippen molar-refractivity contribution in [2.75, 3.05) is 0 Å². The highest BCUT2D eigenvalue weighted by atomic mass is 16.3. The van der Waals surface area contributed by atoms with Crippen molar-refractivity contribution in [3.05, 3.63) is 23.8 Å². The van der Waals surface area contributed by atoms with Crippen LogP contribution in [-0.4, -0.2) is 22.4 Å². The molecule has 3 nitrogen and oxygen atoms in total. The van der Waals surface area contributed by atoms with E-state index in [1.54, 1.807) is 12.2 Å². The summed E-state index contributed by atoms with van der Waals surface area (Å²) in [6.07, 6.45) is 3.42. The maximum Gasteiger partial charge on any atom is 0.0915 e. The van der Waals surface area contributed by atoms with Gasteiger partial charge < -0.3 is 10.2 Å². The number of hydrogen-bond donors (Lipinski definition) is 2. The highest BCUT2D eigenvalue weighted by molar-refractivity contribution is 5.31. The molecule has 58 valence electrons. The fourth-order valence-corrected chi connectivity index (χ4v) is 0.995. The molecule has 0 aliphatic heterocycles. The first kappa shape index (κ1) is 7.99. The molecule has 1 aliphatic rings. The van der Waals surface area contributed by atoms with Gasteiger partial charge in [-0.1, -0.05) is 12.2 Å². The van der Waals surface area contributed by atoms with Gasteiger partial charge in [0, 0.05) is 12.5 Å². The van der Waals surface area contributed by atoms with Crippen molar-refractivity contribution in [3.8, 4) is 6.07 Å². The van der Waals surface area contributed by atoms with Crippen molar-refractivity contribution >= 4 is 0 Å². The minimum Gasteiger partial charge on any atom is -0.389 e. The normalized spacial score (nSPS) is 33.7. The lowest BCUT2D eigenvalue weighted by molar-refractivity contribution is 0.122. The van der Waals surface area contributed by atoms with Crippen molar-refractivity contribution in [2.45, 2.75) is 18.6 Å². The molecule has 3 heteroatoms. The van der Waals surface area contributed by atoms with Gasteiger partial charge in [-0.25, -0.2) is 0 Å². The fraction of sp³-hybridized carbons (Fsp3) is 0.375. The van der Waals surface area contributed by atoms with Crippen LogP contribution in [0.25, 0.3) is 0 Å². The second kappa shape index (κ2) is 3.33. The quantitative estimate of drug-likeness (QED) is 0.483. The van der Waals surface area contributed by atoms with Crippen LogP contribution in [-0.2, 0) is 0 Å². The molecule has 0 fully saturated rings. The summed E-state index contributed by atoms with van der Waals surface area (Å²) in [6.45, 7) is 0. The number of aliphatic hydroxyl groups is 2. The minimum atomic E-state index is -0.699. The summed E-state index contributed by atoms with van der Waals surface area (Å²) < 4.78 is 0. The minimum absolute atomic E-state index is 0.282. The van der Waals surface area contributed by atoms with Gasteiger partial charge in [0.2, 0.25) is 0 Å². The molecule has 2 N–H and O–H groups in total. The fourth-order valence-electron chi connectivity index (χ4n) is 0.995. The van der Waals surface area contributed by atoms with Crippen LogP contribution in [0.15, 0.2) is 23.8 Å². The first-order valence-electron chi connectivity index (χ1n) is 3.38. The van der Waals surface area contributed by atoms with Gasteiger partial charge >= 0.3 is 0 Å². The molecule has 0 bridgehead atoms. The molecule has 0 aromatic rings. The molecule has 0 spiro atoms. The van der Waals surface area contributed by atoms with E-state index in [2.05, 4.69) is 0 Å². The highest BCUT2D eigenvalue weighted by Crippen LogP contribution is 2.16. The number of nitrogens with zero attached hydrogens (tertiary/aromatic N) is 1. The smallest absolute Gasteiger partial charge is 0.0915 e. The topological polar surface area (TPSA) is 64.2 Å². The summed E-state index contributed by atoms with van der Waals surface area (Å²) in [6, 6.07) is 1.83. The van der Waals surface area contributed by atoms with Crippen LogP contribution in [0.4, 0.5) is 0 Å². The van der Waals surface area contributed by atoms with Gasteiger partial charge in [0.05, 0.1) is 18.3 Å². The van der Waals surface area contributed by atoms with Gasteiger partial charge in [0.1, 0.15) is 0 Å². The predicted octanol–water partition coefficient (Wildman–Crippen LogP) is 0.118. The molecule has 0 saturated heterocycles. The third-order valence-electron chi connectivity index (χ3n) is 1.59. The van der Waals surface area contributed by atoms with E-state index < -0.39 is 12.2 Å². The van der Waals surface area contributed by atoms with E-state index in [0.29, 0.717) is 5.57 Å². The zero-order valence-corrected chi connectivity index (χ0v) is 5.94. The molecule has 1 rings (SSSR count). The summed E-state index contributed by atoms with van der Waals surface area (Å²) in [7, 11) is 0. The number of aliphatic hydroxyl groups excluding tert-OH is 2. The summed E-state index contributed by atoms with van der Waals surface area (Å²) >= 11 is 0. The lowest BCUT2D eigenvalue weighted by Crippen LogP contribution is -2.21. The van der Waals surface area contributed by atoms with Crippen LogP contribution in [0.2, 0.25) is 0 Å². The Balaban J connectivity index is 2.78. The molecule has 0 unspecified atom stereocenters. The highest BCUT2D eigenvalue weighted by Gasteiger charge is 2.16. The summed E-state index contributed by atoms with van der Waals surface area (Å²) in [5.41, 5.74) is 0.567. The van der Waals surface area contributed by atoms with Gasteiger partial charge in [-0.15, -0.1) is 0 Å². The molecule has 0 radical (unpaired) electrons. The Kier molecular flexibility index (Phi) is 2.42. The van der Waals surface area contributed by atoms with E-state index >= 15 is 0 Å². The molecule has 0 heterocycles. The van der Waals surface area contributed by atoms with Crippen LogP contribution in [0.1, 0.15) is 6.42 Å². The van der Waals surface area contributed by atoms with Gasteiger partial charge in [-0.3, -0.25) is 0 Å². The van der Waals surface area contributed by atoms with Gasteiger partial charge in [0.15, 0.2) is 0 Å². The van der Waals surface area contributed by atoms with Gasteiger partial charge in [0.25, 0.3) is 0 Å². The third kappa shape index (κ3) is 1.90.